The van der Waals surface area contributed by atoms with Gasteiger partial charge in [-0.15, -0.1) is 12.4 Å². The van der Waals surface area contributed by atoms with Crippen LogP contribution < -0.4 is 16.0 Å². The molecule has 2 amide bonds. The number of hydrogen-bond acceptors (Lipinski definition) is 5. The maximum Gasteiger partial charge on any atom is 0.251 e. The molecule has 1 aromatic rings. The van der Waals surface area contributed by atoms with Gasteiger partial charge in [-0.05, 0) is 63.0 Å². The molecule has 0 unspecified atom stereocenters. The quantitative estimate of drug-likeness (QED) is 0.663. The number of amides is 2. The van der Waals surface area contributed by atoms with Gasteiger partial charge in [0.25, 0.3) is 5.91 Å². The van der Waals surface area contributed by atoms with E-state index in [1.54, 1.807) is 24.3 Å². The van der Waals surface area contributed by atoms with Gasteiger partial charge in [-0.3, -0.25) is 9.59 Å². The molecule has 9 heteroatoms. The summed E-state index contributed by atoms with van der Waals surface area (Å²) in [6, 6.07) is 6.81. The van der Waals surface area contributed by atoms with Crippen molar-refractivity contribution in [2.24, 2.45) is 0 Å². The van der Waals surface area contributed by atoms with E-state index in [0.29, 0.717) is 24.3 Å². The van der Waals surface area contributed by atoms with Crippen LogP contribution in [0.2, 0.25) is 0 Å². The Labute approximate surface area is 172 Å². The van der Waals surface area contributed by atoms with Gasteiger partial charge < -0.3 is 16.0 Å². The Morgan fingerprint density at radius 1 is 1.07 bits per heavy atom. The molecule has 1 saturated carbocycles. The number of benzene rings is 1. The van der Waals surface area contributed by atoms with Crippen LogP contribution in [-0.2, 0) is 14.6 Å². The second kappa shape index (κ2) is 9.24. The van der Waals surface area contributed by atoms with Gasteiger partial charge in [0.1, 0.15) is 0 Å². The van der Waals surface area contributed by atoms with Crippen LogP contribution in [0.5, 0.6) is 0 Å². The smallest absolute Gasteiger partial charge is 0.251 e. The minimum absolute atomic E-state index is 0. The highest BCUT2D eigenvalue weighted by molar-refractivity contribution is 7.92. The van der Waals surface area contributed by atoms with E-state index in [-0.39, 0.29) is 37.2 Å². The van der Waals surface area contributed by atoms with Crippen molar-refractivity contribution in [3.63, 3.8) is 0 Å². The number of hydrogen-bond donors (Lipinski definition) is 3. The van der Waals surface area contributed by atoms with E-state index in [1.165, 1.54) is 0 Å². The van der Waals surface area contributed by atoms with Gasteiger partial charge in [-0.25, -0.2) is 8.42 Å². The number of halogens is 1. The lowest BCUT2D eigenvalue weighted by Crippen LogP contribution is -2.55. The van der Waals surface area contributed by atoms with Crippen molar-refractivity contribution in [3.8, 4) is 0 Å². The maximum absolute atomic E-state index is 12.8. The summed E-state index contributed by atoms with van der Waals surface area (Å²) in [6.07, 6.45) is 5.94. The molecule has 2 aliphatic rings. The van der Waals surface area contributed by atoms with Crippen molar-refractivity contribution in [1.29, 1.82) is 0 Å². The van der Waals surface area contributed by atoms with Crippen molar-refractivity contribution in [2.45, 2.75) is 49.3 Å². The van der Waals surface area contributed by atoms with Gasteiger partial charge in [-0.1, -0.05) is 12.8 Å². The number of rotatable bonds is 5. The van der Waals surface area contributed by atoms with Gasteiger partial charge in [0, 0.05) is 23.5 Å². The first-order valence-corrected chi connectivity index (χ1v) is 11.3. The Balaban J connectivity index is 0.00000280. The fraction of sp³-hybridized carbons (Fsp3) is 0.579. The minimum Gasteiger partial charge on any atom is -0.349 e. The zero-order valence-electron chi connectivity index (χ0n) is 16.0. The first-order chi connectivity index (χ1) is 12.8. The third kappa shape index (κ3) is 4.85. The lowest BCUT2D eigenvalue weighted by atomic mass is 9.95. The van der Waals surface area contributed by atoms with Gasteiger partial charge >= 0.3 is 0 Å². The molecule has 1 saturated heterocycles. The predicted octanol–water partition coefficient (Wildman–Crippen LogP) is 1.89. The summed E-state index contributed by atoms with van der Waals surface area (Å²) >= 11 is 0. The van der Waals surface area contributed by atoms with Crippen LogP contribution in [0.15, 0.2) is 24.3 Å². The highest BCUT2D eigenvalue weighted by Crippen LogP contribution is 2.29. The highest BCUT2D eigenvalue weighted by atomic mass is 35.5. The summed E-state index contributed by atoms with van der Waals surface area (Å²) in [4.78, 5) is 25.1. The summed E-state index contributed by atoms with van der Waals surface area (Å²) < 4.78 is 23.2. The molecule has 1 heterocycles. The Kier molecular flexibility index (Phi) is 7.47. The normalized spacial score (nSPS) is 19.5. The molecule has 0 aromatic heterocycles. The van der Waals surface area contributed by atoms with E-state index in [4.69, 9.17) is 0 Å². The van der Waals surface area contributed by atoms with E-state index in [9.17, 15) is 18.0 Å². The Bertz CT molecular complexity index is 799. The summed E-state index contributed by atoms with van der Waals surface area (Å²) in [5.74, 6) is -0.625. The Hall–Kier alpha value is -1.64. The van der Waals surface area contributed by atoms with Crippen LogP contribution in [-0.4, -0.2) is 50.4 Å². The zero-order valence-corrected chi connectivity index (χ0v) is 17.6. The number of anilines is 1. The van der Waals surface area contributed by atoms with Crippen LogP contribution >= 0.6 is 12.4 Å². The summed E-state index contributed by atoms with van der Waals surface area (Å²) in [5.41, 5.74) is 1.01. The van der Waals surface area contributed by atoms with Crippen LogP contribution in [0.1, 0.15) is 48.9 Å². The Morgan fingerprint density at radius 3 is 2.18 bits per heavy atom. The number of sulfone groups is 1. The van der Waals surface area contributed by atoms with Crippen molar-refractivity contribution < 1.29 is 18.0 Å². The molecular weight excluding hydrogens is 402 g/mol. The molecule has 156 valence electrons. The lowest BCUT2D eigenvalue weighted by Gasteiger charge is -2.34. The van der Waals surface area contributed by atoms with Gasteiger partial charge in [0.05, 0.1) is 0 Å². The minimum atomic E-state index is -3.56. The average molecular weight is 430 g/mol. The second-order valence-electron chi connectivity index (χ2n) is 7.50. The first-order valence-electron chi connectivity index (χ1n) is 9.44. The van der Waals surface area contributed by atoms with Crippen molar-refractivity contribution in [1.82, 2.24) is 10.6 Å². The second-order valence-corrected chi connectivity index (χ2v) is 9.83. The summed E-state index contributed by atoms with van der Waals surface area (Å²) in [7, 11) is -3.56. The van der Waals surface area contributed by atoms with Crippen LogP contribution in [0.3, 0.4) is 0 Å². The predicted molar refractivity (Wildman–Crippen MR) is 112 cm³/mol. The van der Waals surface area contributed by atoms with Crippen LogP contribution in [0.4, 0.5) is 5.69 Å². The molecule has 1 aliphatic heterocycles. The molecule has 0 radical (unpaired) electrons. The Morgan fingerprint density at radius 2 is 1.64 bits per heavy atom. The molecule has 1 aromatic carbocycles. The van der Waals surface area contributed by atoms with Crippen molar-refractivity contribution in [3.05, 3.63) is 29.8 Å². The molecule has 3 rings (SSSR count). The molecule has 0 bridgehead atoms. The molecule has 28 heavy (non-hydrogen) atoms. The molecule has 0 spiro atoms. The number of carbonyl (C=O) groups excluding carboxylic acids is 2. The molecule has 2 fully saturated rings. The zero-order chi connectivity index (χ0) is 19.5. The monoisotopic (exact) mass is 429 g/mol. The van der Waals surface area contributed by atoms with Gasteiger partial charge in [-0.2, -0.15) is 0 Å². The molecule has 7 nitrogen and oxygen atoms in total. The van der Waals surface area contributed by atoms with Gasteiger partial charge in [0.2, 0.25) is 5.91 Å². The topological polar surface area (TPSA) is 104 Å². The first kappa shape index (κ1) is 22.6. The standard InChI is InChI=1S/C19H27N3O4S.ClH/c1-27(25,26)19(10-12-20-13-11-19)18(24)22-16-8-6-14(7-9-16)17(23)21-15-4-2-3-5-15;/h6-9,15,20H,2-5,10-13H2,1H3,(H,21,23)(H,22,24);1H. The van der Waals surface area contributed by atoms with Crippen molar-refractivity contribution in [2.75, 3.05) is 24.7 Å². The fourth-order valence-corrected chi connectivity index (χ4v) is 5.22. The number of carbonyl (C=O) groups is 2. The molecule has 0 atom stereocenters. The summed E-state index contributed by atoms with van der Waals surface area (Å²) in [5, 5.41) is 8.83. The van der Waals surface area contributed by atoms with E-state index < -0.39 is 20.5 Å². The van der Waals surface area contributed by atoms with E-state index in [0.717, 1.165) is 31.9 Å². The molecule has 1 aliphatic carbocycles. The SMILES string of the molecule is CS(=O)(=O)C1(C(=O)Nc2ccc(C(=O)NC3CCCC3)cc2)CCNCC1.Cl. The third-order valence-electron chi connectivity index (χ3n) is 5.63. The maximum atomic E-state index is 12.8. The van der Waals surface area contributed by atoms with E-state index in [1.807, 2.05) is 0 Å². The molecule has 3 N–H and O–H groups in total. The van der Waals surface area contributed by atoms with Crippen LogP contribution in [0, 0.1) is 0 Å². The van der Waals surface area contributed by atoms with Gasteiger partial charge in [0.15, 0.2) is 14.6 Å². The number of nitrogens with one attached hydrogen (secondary N) is 3. The number of piperidine rings is 1. The largest absolute Gasteiger partial charge is 0.349 e. The van der Waals surface area contributed by atoms with E-state index >= 15 is 0 Å². The van der Waals surface area contributed by atoms with Crippen LogP contribution in [0.25, 0.3) is 0 Å². The lowest BCUT2D eigenvalue weighted by molar-refractivity contribution is -0.119. The molecular formula is C19H28ClN3O4S. The van der Waals surface area contributed by atoms with Crippen molar-refractivity contribution >= 4 is 39.7 Å². The highest BCUT2D eigenvalue weighted by Gasteiger charge is 2.48. The summed E-state index contributed by atoms with van der Waals surface area (Å²) in [6.45, 7) is 0.974. The van der Waals surface area contributed by atoms with E-state index in [2.05, 4.69) is 16.0 Å². The average Bonchev–Trinajstić information content (AvgIpc) is 3.15. The third-order valence-corrected chi connectivity index (χ3v) is 7.64. The fourth-order valence-electron chi connectivity index (χ4n) is 3.89.